The zero-order chi connectivity index (χ0) is 20.9. The van der Waals surface area contributed by atoms with Crippen molar-refractivity contribution in [2.24, 2.45) is 0 Å². The van der Waals surface area contributed by atoms with Gasteiger partial charge in [0.15, 0.2) is 0 Å². The van der Waals surface area contributed by atoms with Gasteiger partial charge in [-0.3, -0.25) is 4.90 Å². The van der Waals surface area contributed by atoms with Crippen molar-refractivity contribution in [1.82, 2.24) is 14.5 Å². The van der Waals surface area contributed by atoms with Gasteiger partial charge in [0.05, 0.1) is 17.3 Å². The summed E-state index contributed by atoms with van der Waals surface area (Å²) >= 11 is 2.10. The second-order valence-corrected chi connectivity index (χ2v) is 8.43. The van der Waals surface area contributed by atoms with Crippen molar-refractivity contribution >= 4 is 28.7 Å². The van der Waals surface area contributed by atoms with Gasteiger partial charge < -0.3 is 9.67 Å². The van der Waals surface area contributed by atoms with Crippen molar-refractivity contribution in [2.75, 3.05) is 6.54 Å². The zero-order valence-corrected chi connectivity index (χ0v) is 17.4. The standard InChI is InChI=1S/C19H18F4IN3O2/c20-13-9-12(19(21,22)23)5-3-10(13)4-6-14-15-16(24)25-17(11-1-2-11)27(15)8-7-26(14)18(28)29/h3,5,9,11,14H,1-2,4,6-8H2,(H,28,29). The molecule has 1 aliphatic heterocycles. The van der Waals surface area contributed by atoms with E-state index in [1.54, 1.807) is 0 Å². The van der Waals surface area contributed by atoms with Gasteiger partial charge in [0.1, 0.15) is 15.3 Å². The van der Waals surface area contributed by atoms with E-state index < -0.39 is 29.7 Å². The van der Waals surface area contributed by atoms with Crippen LogP contribution >= 0.6 is 22.6 Å². The molecule has 1 fully saturated rings. The van der Waals surface area contributed by atoms with Crippen LogP contribution in [0.3, 0.4) is 0 Å². The van der Waals surface area contributed by atoms with E-state index in [2.05, 4.69) is 32.1 Å². The normalized spacial score (nSPS) is 19.3. The van der Waals surface area contributed by atoms with Gasteiger partial charge in [0, 0.05) is 19.0 Å². The molecule has 5 nitrogen and oxygen atoms in total. The molecule has 1 aromatic carbocycles. The summed E-state index contributed by atoms with van der Waals surface area (Å²) in [5.41, 5.74) is -0.101. The molecule has 2 heterocycles. The summed E-state index contributed by atoms with van der Waals surface area (Å²) in [5, 5.41) is 9.63. The molecular formula is C19H18F4IN3O2. The summed E-state index contributed by atoms with van der Waals surface area (Å²) in [6, 6.07) is 1.96. The summed E-state index contributed by atoms with van der Waals surface area (Å²) in [4.78, 5) is 17.7. The first-order valence-electron chi connectivity index (χ1n) is 9.28. The number of aromatic nitrogens is 2. The molecule has 10 heteroatoms. The molecule has 1 unspecified atom stereocenters. The second kappa shape index (κ2) is 7.44. The highest BCUT2D eigenvalue weighted by molar-refractivity contribution is 14.1. The Kier molecular flexibility index (Phi) is 5.24. The van der Waals surface area contributed by atoms with Crippen LogP contribution in [0.15, 0.2) is 18.2 Å². The van der Waals surface area contributed by atoms with Crippen LogP contribution in [0.5, 0.6) is 0 Å². The number of halogens is 5. The molecule has 1 aromatic heterocycles. The minimum Gasteiger partial charge on any atom is -0.465 e. The molecule has 4 rings (SSSR count). The number of nitrogens with zero attached hydrogens (tertiary/aromatic N) is 3. The van der Waals surface area contributed by atoms with Gasteiger partial charge in [0.25, 0.3) is 0 Å². The Balaban J connectivity index is 1.61. The first kappa shape index (κ1) is 20.4. The Bertz CT molecular complexity index is 956. The molecule has 1 atom stereocenters. The van der Waals surface area contributed by atoms with Crippen molar-refractivity contribution in [1.29, 1.82) is 0 Å². The number of hydrogen-bond acceptors (Lipinski definition) is 2. The van der Waals surface area contributed by atoms with Crippen LogP contribution in [0.25, 0.3) is 0 Å². The molecule has 1 saturated carbocycles. The fourth-order valence-electron chi connectivity index (χ4n) is 3.91. The van der Waals surface area contributed by atoms with Gasteiger partial charge in [-0.25, -0.2) is 14.2 Å². The summed E-state index contributed by atoms with van der Waals surface area (Å²) in [6.45, 7) is 0.823. The molecule has 1 aliphatic carbocycles. The minimum atomic E-state index is -4.61. The highest BCUT2D eigenvalue weighted by Crippen LogP contribution is 2.43. The SMILES string of the molecule is O=C(O)N1CCn2c(C3CC3)nc(I)c2C1CCc1ccc(C(F)(F)F)cc1F. The fourth-order valence-corrected chi connectivity index (χ4v) is 4.81. The van der Waals surface area contributed by atoms with Crippen LogP contribution < -0.4 is 0 Å². The van der Waals surface area contributed by atoms with Gasteiger partial charge in [-0.2, -0.15) is 13.2 Å². The molecule has 29 heavy (non-hydrogen) atoms. The van der Waals surface area contributed by atoms with Gasteiger partial charge >= 0.3 is 12.3 Å². The Morgan fingerprint density at radius 3 is 2.59 bits per heavy atom. The van der Waals surface area contributed by atoms with Crippen molar-refractivity contribution in [3.05, 3.63) is 50.4 Å². The molecule has 0 saturated heterocycles. The monoisotopic (exact) mass is 523 g/mol. The predicted octanol–water partition coefficient (Wildman–Crippen LogP) is 5.19. The van der Waals surface area contributed by atoms with E-state index in [0.29, 0.717) is 25.1 Å². The van der Waals surface area contributed by atoms with E-state index in [1.165, 1.54) is 4.90 Å². The topological polar surface area (TPSA) is 58.4 Å². The third kappa shape index (κ3) is 3.95. The van der Waals surface area contributed by atoms with Gasteiger partial charge in [0.2, 0.25) is 0 Å². The van der Waals surface area contributed by atoms with Gasteiger partial charge in [-0.05, 0) is 66.0 Å². The molecule has 0 spiro atoms. The van der Waals surface area contributed by atoms with E-state index >= 15 is 0 Å². The summed E-state index contributed by atoms with van der Waals surface area (Å²) in [5.74, 6) is 0.446. The number of imidazole rings is 1. The van der Waals surface area contributed by atoms with E-state index in [1.807, 2.05) is 0 Å². The van der Waals surface area contributed by atoms with Gasteiger partial charge in [-0.1, -0.05) is 6.07 Å². The number of rotatable bonds is 4. The van der Waals surface area contributed by atoms with E-state index in [-0.39, 0.29) is 18.4 Å². The van der Waals surface area contributed by atoms with E-state index in [4.69, 9.17) is 0 Å². The Hall–Kier alpha value is -1.85. The number of aryl methyl sites for hydroxylation is 1. The quantitative estimate of drug-likeness (QED) is 0.444. The molecule has 1 amide bonds. The largest absolute Gasteiger partial charge is 0.465 e. The number of fused-ring (bicyclic) bond motifs is 1. The minimum absolute atomic E-state index is 0.123. The Labute approximate surface area is 177 Å². The first-order valence-corrected chi connectivity index (χ1v) is 10.4. The Morgan fingerprint density at radius 1 is 1.28 bits per heavy atom. The lowest BCUT2D eigenvalue weighted by Crippen LogP contribution is -2.42. The van der Waals surface area contributed by atoms with Crippen LogP contribution in [0.1, 0.15) is 53.9 Å². The lowest BCUT2D eigenvalue weighted by molar-refractivity contribution is -0.137. The molecule has 2 aromatic rings. The summed E-state index contributed by atoms with van der Waals surface area (Å²) in [6.07, 6.45) is -3.16. The highest BCUT2D eigenvalue weighted by atomic mass is 127. The predicted molar refractivity (Wildman–Crippen MR) is 104 cm³/mol. The average molecular weight is 523 g/mol. The molecule has 0 radical (unpaired) electrons. The smallest absolute Gasteiger partial charge is 0.416 e. The van der Waals surface area contributed by atoms with Crippen LogP contribution in [0.2, 0.25) is 0 Å². The van der Waals surface area contributed by atoms with Crippen molar-refractivity contribution in [3.63, 3.8) is 0 Å². The van der Waals surface area contributed by atoms with Crippen LogP contribution in [-0.4, -0.2) is 32.2 Å². The Morgan fingerprint density at radius 2 is 2.00 bits per heavy atom. The fraction of sp³-hybridized carbons (Fsp3) is 0.474. The lowest BCUT2D eigenvalue weighted by atomic mass is 9.99. The maximum Gasteiger partial charge on any atom is 0.416 e. The summed E-state index contributed by atoms with van der Waals surface area (Å²) in [7, 11) is 0. The van der Waals surface area contributed by atoms with Crippen LogP contribution in [-0.2, 0) is 19.1 Å². The van der Waals surface area contributed by atoms with Gasteiger partial charge in [-0.15, -0.1) is 0 Å². The number of amides is 1. The van der Waals surface area contributed by atoms with Crippen LogP contribution in [0, 0.1) is 9.52 Å². The maximum absolute atomic E-state index is 14.2. The maximum atomic E-state index is 14.2. The van der Waals surface area contributed by atoms with Crippen LogP contribution in [0.4, 0.5) is 22.4 Å². The van der Waals surface area contributed by atoms with Crippen molar-refractivity contribution in [2.45, 2.75) is 50.4 Å². The van der Waals surface area contributed by atoms with E-state index in [0.717, 1.165) is 40.2 Å². The number of benzene rings is 1. The zero-order valence-electron chi connectivity index (χ0n) is 15.2. The third-order valence-corrected chi connectivity index (χ3v) is 6.30. The number of hydrogen-bond donors (Lipinski definition) is 1. The number of carbonyl (C=O) groups is 1. The first-order chi connectivity index (χ1) is 13.7. The molecule has 1 N–H and O–H groups in total. The molecule has 0 bridgehead atoms. The molecular weight excluding hydrogens is 505 g/mol. The lowest BCUT2D eigenvalue weighted by Gasteiger charge is -2.35. The summed E-state index contributed by atoms with van der Waals surface area (Å²) < 4.78 is 55.3. The average Bonchev–Trinajstić information content (AvgIpc) is 3.43. The third-order valence-electron chi connectivity index (χ3n) is 5.50. The molecule has 2 aliphatic rings. The van der Waals surface area contributed by atoms with Crippen molar-refractivity contribution in [3.8, 4) is 0 Å². The van der Waals surface area contributed by atoms with E-state index in [9.17, 15) is 27.5 Å². The van der Waals surface area contributed by atoms with Crippen molar-refractivity contribution < 1.29 is 27.5 Å². The number of alkyl halides is 3. The number of carboxylic acid groups (broad SMARTS) is 1. The highest BCUT2D eigenvalue weighted by Gasteiger charge is 2.38. The molecule has 156 valence electrons. The second-order valence-electron chi connectivity index (χ2n) is 7.41.